The van der Waals surface area contributed by atoms with Crippen molar-refractivity contribution in [2.24, 2.45) is 0 Å². The van der Waals surface area contributed by atoms with Crippen molar-refractivity contribution in [3.05, 3.63) is 23.8 Å². The quantitative estimate of drug-likeness (QED) is 0.868. The lowest BCUT2D eigenvalue weighted by Crippen LogP contribution is -2.35. The summed E-state index contributed by atoms with van der Waals surface area (Å²) in [5.74, 6) is 4.40. The van der Waals surface area contributed by atoms with Gasteiger partial charge < -0.3 is 14.8 Å². The average molecular weight is 281 g/mol. The number of hydrogen-bond acceptors (Lipinski definition) is 4. The summed E-state index contributed by atoms with van der Waals surface area (Å²) >= 11 is 2.06. The highest BCUT2D eigenvalue weighted by Crippen LogP contribution is 2.24. The highest BCUT2D eigenvalue weighted by Gasteiger charge is 2.13. The van der Waals surface area contributed by atoms with Gasteiger partial charge in [0, 0.05) is 11.8 Å². The first-order chi connectivity index (χ1) is 9.33. The Morgan fingerprint density at radius 2 is 2.21 bits per heavy atom. The molecule has 0 saturated carbocycles. The van der Waals surface area contributed by atoms with Gasteiger partial charge in [0.25, 0.3) is 0 Å². The average Bonchev–Trinajstić information content (AvgIpc) is 2.48. The van der Waals surface area contributed by atoms with Crippen LogP contribution in [-0.2, 0) is 6.42 Å². The molecule has 0 aromatic heterocycles. The van der Waals surface area contributed by atoms with Crippen molar-refractivity contribution in [3.8, 4) is 11.5 Å². The molecule has 1 atom stereocenters. The van der Waals surface area contributed by atoms with E-state index < -0.39 is 0 Å². The van der Waals surface area contributed by atoms with Gasteiger partial charge in [-0.2, -0.15) is 11.8 Å². The third-order valence-electron chi connectivity index (χ3n) is 3.48. The first kappa shape index (κ1) is 14.5. The standard InChI is InChI=1S/C15H23NO2S/c1-17-14-5-6-15(18-2)12(10-14)7-8-16-13-4-3-9-19-11-13/h5-6,10,13,16H,3-4,7-9,11H2,1-2H3/t13-/m1/s1. The third kappa shape index (κ3) is 4.32. The number of ether oxygens (including phenoxy) is 2. The molecule has 1 aromatic rings. The maximum absolute atomic E-state index is 5.40. The van der Waals surface area contributed by atoms with Gasteiger partial charge in [-0.3, -0.25) is 0 Å². The van der Waals surface area contributed by atoms with Crippen molar-refractivity contribution in [3.63, 3.8) is 0 Å². The van der Waals surface area contributed by atoms with Gasteiger partial charge in [0.05, 0.1) is 14.2 Å². The first-order valence-electron chi connectivity index (χ1n) is 6.85. The smallest absolute Gasteiger partial charge is 0.122 e. The molecule has 1 aromatic carbocycles. The maximum atomic E-state index is 5.40. The molecule has 1 N–H and O–H groups in total. The molecule has 0 radical (unpaired) electrons. The second kappa shape index (κ2) is 7.65. The molecule has 1 heterocycles. The normalized spacial score (nSPS) is 19.2. The van der Waals surface area contributed by atoms with E-state index in [-0.39, 0.29) is 0 Å². The number of methoxy groups -OCH3 is 2. The van der Waals surface area contributed by atoms with Crippen molar-refractivity contribution in [1.82, 2.24) is 5.32 Å². The van der Waals surface area contributed by atoms with Gasteiger partial charge in [0.2, 0.25) is 0 Å². The predicted octanol–water partition coefficient (Wildman–Crippen LogP) is 2.73. The van der Waals surface area contributed by atoms with Crippen LogP contribution in [0.1, 0.15) is 18.4 Å². The summed E-state index contributed by atoms with van der Waals surface area (Å²) in [5, 5.41) is 3.64. The van der Waals surface area contributed by atoms with Crippen LogP contribution in [0.3, 0.4) is 0 Å². The Hall–Kier alpha value is -0.870. The zero-order valence-electron chi connectivity index (χ0n) is 11.8. The monoisotopic (exact) mass is 281 g/mol. The summed E-state index contributed by atoms with van der Waals surface area (Å²) in [4.78, 5) is 0. The molecule has 1 saturated heterocycles. The summed E-state index contributed by atoms with van der Waals surface area (Å²) in [6.45, 7) is 0.995. The molecule has 0 unspecified atom stereocenters. The van der Waals surface area contributed by atoms with E-state index in [1.165, 1.54) is 29.9 Å². The summed E-state index contributed by atoms with van der Waals surface area (Å²) < 4.78 is 10.7. The second-order valence-electron chi connectivity index (χ2n) is 4.80. The van der Waals surface area contributed by atoms with Crippen LogP contribution in [0.15, 0.2) is 18.2 Å². The van der Waals surface area contributed by atoms with Gasteiger partial charge in [-0.1, -0.05) is 0 Å². The van der Waals surface area contributed by atoms with Crippen LogP contribution in [0.2, 0.25) is 0 Å². The Morgan fingerprint density at radius 1 is 1.32 bits per heavy atom. The molecule has 3 nitrogen and oxygen atoms in total. The summed E-state index contributed by atoms with van der Waals surface area (Å²) in [5.41, 5.74) is 1.21. The Labute approximate surface area is 120 Å². The summed E-state index contributed by atoms with van der Waals surface area (Å²) in [7, 11) is 3.42. The number of nitrogens with one attached hydrogen (secondary N) is 1. The molecule has 0 spiro atoms. The Morgan fingerprint density at radius 3 is 2.89 bits per heavy atom. The Balaban J connectivity index is 1.86. The molecule has 4 heteroatoms. The second-order valence-corrected chi connectivity index (χ2v) is 5.95. The Bertz CT molecular complexity index is 392. The van der Waals surface area contributed by atoms with Gasteiger partial charge in [0.15, 0.2) is 0 Å². The fourth-order valence-corrected chi connectivity index (χ4v) is 3.50. The summed E-state index contributed by atoms with van der Waals surface area (Å²) in [6, 6.07) is 6.66. The van der Waals surface area contributed by atoms with E-state index in [0.717, 1.165) is 24.5 Å². The van der Waals surface area contributed by atoms with Gasteiger partial charge in [0.1, 0.15) is 11.5 Å². The van der Waals surface area contributed by atoms with Crippen molar-refractivity contribution >= 4 is 11.8 Å². The summed E-state index contributed by atoms with van der Waals surface area (Å²) in [6.07, 6.45) is 3.62. The predicted molar refractivity (Wildman–Crippen MR) is 81.6 cm³/mol. The van der Waals surface area contributed by atoms with E-state index in [2.05, 4.69) is 23.1 Å². The van der Waals surface area contributed by atoms with E-state index in [1.807, 2.05) is 12.1 Å². The highest BCUT2D eigenvalue weighted by molar-refractivity contribution is 7.99. The number of thioether (sulfide) groups is 1. The lowest BCUT2D eigenvalue weighted by Gasteiger charge is -2.22. The topological polar surface area (TPSA) is 30.5 Å². The first-order valence-corrected chi connectivity index (χ1v) is 8.01. The van der Waals surface area contributed by atoms with E-state index >= 15 is 0 Å². The number of benzene rings is 1. The fourth-order valence-electron chi connectivity index (χ4n) is 2.39. The van der Waals surface area contributed by atoms with Crippen molar-refractivity contribution in [1.29, 1.82) is 0 Å². The van der Waals surface area contributed by atoms with Crippen LogP contribution in [0.4, 0.5) is 0 Å². The molecule has 0 amide bonds. The highest BCUT2D eigenvalue weighted by atomic mass is 32.2. The lowest BCUT2D eigenvalue weighted by atomic mass is 10.1. The minimum absolute atomic E-state index is 0.676. The molecular weight excluding hydrogens is 258 g/mol. The largest absolute Gasteiger partial charge is 0.497 e. The molecule has 1 fully saturated rings. The zero-order chi connectivity index (χ0) is 13.5. The molecule has 2 rings (SSSR count). The van der Waals surface area contributed by atoms with Crippen LogP contribution in [0.5, 0.6) is 11.5 Å². The van der Waals surface area contributed by atoms with Crippen LogP contribution in [0, 0.1) is 0 Å². The molecule has 1 aliphatic rings. The SMILES string of the molecule is COc1ccc(OC)c(CCN[C@@H]2CCCSC2)c1. The van der Waals surface area contributed by atoms with Crippen molar-refractivity contribution in [2.75, 3.05) is 32.3 Å². The van der Waals surface area contributed by atoms with E-state index in [0.29, 0.717) is 6.04 Å². The molecule has 19 heavy (non-hydrogen) atoms. The Kier molecular flexibility index (Phi) is 5.86. The van der Waals surface area contributed by atoms with E-state index in [4.69, 9.17) is 9.47 Å². The van der Waals surface area contributed by atoms with Crippen LogP contribution in [0.25, 0.3) is 0 Å². The third-order valence-corrected chi connectivity index (χ3v) is 4.69. The van der Waals surface area contributed by atoms with Gasteiger partial charge in [-0.25, -0.2) is 0 Å². The number of rotatable bonds is 6. The van der Waals surface area contributed by atoms with Crippen molar-refractivity contribution < 1.29 is 9.47 Å². The molecular formula is C15H23NO2S. The minimum Gasteiger partial charge on any atom is -0.497 e. The number of hydrogen-bond donors (Lipinski definition) is 1. The van der Waals surface area contributed by atoms with Crippen LogP contribution in [-0.4, -0.2) is 38.3 Å². The molecule has 106 valence electrons. The van der Waals surface area contributed by atoms with Crippen LogP contribution < -0.4 is 14.8 Å². The fraction of sp³-hybridized carbons (Fsp3) is 0.600. The maximum Gasteiger partial charge on any atom is 0.122 e. The lowest BCUT2D eigenvalue weighted by molar-refractivity contribution is 0.397. The van der Waals surface area contributed by atoms with Gasteiger partial charge in [-0.15, -0.1) is 0 Å². The van der Waals surface area contributed by atoms with E-state index in [9.17, 15) is 0 Å². The van der Waals surface area contributed by atoms with Crippen LogP contribution >= 0.6 is 11.8 Å². The van der Waals surface area contributed by atoms with Crippen molar-refractivity contribution in [2.45, 2.75) is 25.3 Å². The zero-order valence-corrected chi connectivity index (χ0v) is 12.6. The molecule has 0 aliphatic carbocycles. The van der Waals surface area contributed by atoms with Gasteiger partial charge in [-0.05, 0) is 55.3 Å². The molecule has 1 aliphatic heterocycles. The van der Waals surface area contributed by atoms with Gasteiger partial charge >= 0.3 is 0 Å². The minimum atomic E-state index is 0.676. The molecule has 0 bridgehead atoms. The van der Waals surface area contributed by atoms with E-state index in [1.54, 1.807) is 14.2 Å².